The minimum absolute atomic E-state index is 0.0715. The molecule has 4 rings (SSSR count). The lowest BCUT2D eigenvalue weighted by Crippen LogP contribution is -2.19. The molecule has 136 valence electrons. The Morgan fingerprint density at radius 2 is 2.04 bits per heavy atom. The molecule has 0 unspecified atom stereocenters. The van der Waals surface area contributed by atoms with Gasteiger partial charge in [0.05, 0.1) is 12.3 Å². The molecule has 0 amide bonds. The van der Waals surface area contributed by atoms with Gasteiger partial charge in [0.25, 0.3) is 5.56 Å². The number of rotatable bonds is 5. The van der Waals surface area contributed by atoms with E-state index in [2.05, 4.69) is 9.67 Å². The zero-order valence-electron chi connectivity index (χ0n) is 14.9. The molecule has 3 aliphatic rings. The number of fused-ring (bicyclic) bond motifs is 3. The van der Waals surface area contributed by atoms with Crippen LogP contribution in [0.5, 0.6) is 0 Å². The van der Waals surface area contributed by atoms with Crippen LogP contribution < -0.4 is 5.56 Å². The number of para-hydroxylation sites is 1. The smallest absolute Gasteiger partial charge is 0.284 e. The van der Waals surface area contributed by atoms with Gasteiger partial charge in [0.2, 0.25) is 0 Å². The predicted molar refractivity (Wildman–Crippen MR) is 102 cm³/mol. The second-order valence-electron chi connectivity index (χ2n) is 6.40. The van der Waals surface area contributed by atoms with Gasteiger partial charge in [-0.15, -0.1) is 5.10 Å². The summed E-state index contributed by atoms with van der Waals surface area (Å²) in [4.78, 5) is 17.9. The Balaban J connectivity index is 1.88. The third kappa shape index (κ3) is 3.17. The summed E-state index contributed by atoms with van der Waals surface area (Å²) in [6, 6.07) is 9.55. The lowest BCUT2D eigenvalue weighted by Gasteiger charge is -2.17. The van der Waals surface area contributed by atoms with Gasteiger partial charge in [-0.1, -0.05) is 36.4 Å². The lowest BCUT2D eigenvalue weighted by molar-refractivity contribution is 0.218. The third-order valence-corrected chi connectivity index (χ3v) is 5.63. The normalized spacial score (nSPS) is 14.3. The number of nitrogens with zero attached hydrogens (tertiary/aromatic N) is 4. The highest BCUT2D eigenvalue weighted by atomic mass is 32.2. The van der Waals surface area contributed by atoms with Crippen molar-refractivity contribution in [2.75, 3.05) is 19.5 Å². The molecule has 7 heteroatoms. The molecule has 0 saturated heterocycles. The molecule has 3 aliphatic heterocycles. The van der Waals surface area contributed by atoms with Crippen LogP contribution in [0.1, 0.15) is 25.0 Å². The number of methoxy groups -OCH3 is 1. The van der Waals surface area contributed by atoms with Gasteiger partial charge in [0.15, 0.2) is 11.0 Å². The maximum atomic E-state index is 13.1. The summed E-state index contributed by atoms with van der Waals surface area (Å²) in [5.74, 6) is 1.38. The average molecular weight is 370 g/mol. The summed E-state index contributed by atoms with van der Waals surface area (Å²) in [6.45, 7) is 1.58. The van der Waals surface area contributed by atoms with Gasteiger partial charge < -0.3 is 9.30 Å². The lowest BCUT2D eigenvalue weighted by atomic mass is 10.1. The number of aromatic nitrogens is 4. The highest BCUT2D eigenvalue weighted by molar-refractivity contribution is 7.99. The highest BCUT2D eigenvalue weighted by Gasteiger charge is 2.26. The maximum Gasteiger partial charge on any atom is 0.284 e. The van der Waals surface area contributed by atoms with Crippen molar-refractivity contribution in [3.8, 4) is 17.1 Å². The molecule has 0 bridgehead atoms. The fourth-order valence-electron chi connectivity index (χ4n) is 3.42. The fraction of sp³-hybridized carbons (Fsp3) is 0.421. The van der Waals surface area contributed by atoms with Crippen molar-refractivity contribution in [1.29, 1.82) is 0 Å². The molecule has 6 nitrogen and oxygen atoms in total. The molecule has 0 fully saturated rings. The van der Waals surface area contributed by atoms with Gasteiger partial charge >= 0.3 is 0 Å². The minimum Gasteiger partial charge on any atom is -0.384 e. The van der Waals surface area contributed by atoms with Crippen LogP contribution in [0.2, 0.25) is 0 Å². The van der Waals surface area contributed by atoms with Crippen molar-refractivity contribution in [2.24, 2.45) is 0 Å². The van der Waals surface area contributed by atoms with Crippen LogP contribution in [0.15, 0.2) is 40.3 Å². The fourth-order valence-corrected chi connectivity index (χ4v) is 4.37. The van der Waals surface area contributed by atoms with Crippen LogP contribution in [0.4, 0.5) is 0 Å². The molecule has 0 N–H and O–H groups in total. The summed E-state index contributed by atoms with van der Waals surface area (Å²) in [5, 5.41) is 5.48. The van der Waals surface area contributed by atoms with E-state index in [4.69, 9.17) is 9.72 Å². The summed E-state index contributed by atoms with van der Waals surface area (Å²) >= 11 is 1.67. The summed E-state index contributed by atoms with van der Waals surface area (Å²) in [5.41, 5.74) is 2.46. The first kappa shape index (κ1) is 17.3. The monoisotopic (exact) mass is 370 g/mol. The molecule has 0 radical (unpaired) electrons. The maximum absolute atomic E-state index is 13.1. The van der Waals surface area contributed by atoms with Crippen molar-refractivity contribution in [3.63, 3.8) is 0 Å². The molecular weight excluding hydrogens is 348 g/mol. The average Bonchev–Trinajstić information content (AvgIpc) is 2.84. The Morgan fingerprint density at radius 1 is 1.19 bits per heavy atom. The summed E-state index contributed by atoms with van der Waals surface area (Å²) in [6.07, 6.45) is 4.28. The Kier molecular flexibility index (Phi) is 5.08. The van der Waals surface area contributed by atoms with Crippen LogP contribution in [-0.4, -0.2) is 38.8 Å². The van der Waals surface area contributed by atoms with Gasteiger partial charge in [-0.05, 0) is 31.4 Å². The number of hydrogen-bond donors (Lipinski definition) is 0. The largest absolute Gasteiger partial charge is 0.384 e. The minimum atomic E-state index is -0.0715. The second kappa shape index (κ2) is 7.63. The zero-order valence-corrected chi connectivity index (χ0v) is 15.7. The Labute approximate surface area is 156 Å². The first-order valence-corrected chi connectivity index (χ1v) is 9.98. The van der Waals surface area contributed by atoms with Crippen LogP contribution in [0.3, 0.4) is 0 Å². The topological polar surface area (TPSA) is 61.9 Å². The standard InChI is InChI=1S/C19H22N4O2S/c1-25-12-13-26-19-20-17-16(15-10-6-3-7-11-22(15)19)18(24)23(21-17)14-8-4-2-5-9-14/h2,4-5,8-9H,3,6-7,10-13H2,1H3. The van der Waals surface area contributed by atoms with Crippen molar-refractivity contribution in [1.82, 2.24) is 19.3 Å². The predicted octanol–water partition coefficient (Wildman–Crippen LogP) is 3.00. The third-order valence-electron chi connectivity index (χ3n) is 4.69. The molecular formula is C19H22N4O2S. The number of benzene rings is 1. The van der Waals surface area contributed by atoms with Crippen molar-refractivity contribution in [3.05, 3.63) is 46.4 Å². The van der Waals surface area contributed by atoms with Crippen molar-refractivity contribution < 1.29 is 4.74 Å². The molecule has 0 saturated carbocycles. The van der Waals surface area contributed by atoms with E-state index in [-0.39, 0.29) is 5.56 Å². The van der Waals surface area contributed by atoms with Crippen LogP contribution in [-0.2, 0) is 17.7 Å². The van der Waals surface area contributed by atoms with E-state index in [1.807, 2.05) is 30.3 Å². The Hall–Kier alpha value is -2.12. The SMILES string of the molecule is COCCSc1nc2nn(-c3ccccc3)c(=O)c-2c2n1CCCCC2. The molecule has 0 aromatic heterocycles. The van der Waals surface area contributed by atoms with Gasteiger partial charge in [-0.25, -0.2) is 4.98 Å². The molecule has 0 spiro atoms. The van der Waals surface area contributed by atoms with E-state index in [9.17, 15) is 4.79 Å². The van der Waals surface area contributed by atoms with E-state index in [0.717, 1.165) is 48.1 Å². The van der Waals surface area contributed by atoms with E-state index in [1.54, 1.807) is 18.9 Å². The summed E-state index contributed by atoms with van der Waals surface area (Å²) < 4.78 is 8.88. The molecule has 0 atom stereocenters. The highest BCUT2D eigenvalue weighted by Crippen LogP contribution is 2.30. The van der Waals surface area contributed by atoms with Gasteiger partial charge in [0, 0.05) is 25.1 Å². The van der Waals surface area contributed by atoms with Gasteiger partial charge in [-0.3, -0.25) is 4.79 Å². The van der Waals surface area contributed by atoms with Crippen LogP contribution >= 0.6 is 11.8 Å². The number of ether oxygens (including phenoxy) is 1. The first-order valence-electron chi connectivity index (χ1n) is 8.99. The number of thioether (sulfide) groups is 1. The van der Waals surface area contributed by atoms with Crippen molar-refractivity contribution >= 4 is 11.8 Å². The molecule has 26 heavy (non-hydrogen) atoms. The number of hydrogen-bond acceptors (Lipinski definition) is 5. The molecule has 1 aromatic rings. The van der Waals surface area contributed by atoms with E-state index >= 15 is 0 Å². The first-order chi connectivity index (χ1) is 12.8. The van der Waals surface area contributed by atoms with Gasteiger partial charge in [-0.2, -0.15) is 4.68 Å². The van der Waals surface area contributed by atoms with E-state index < -0.39 is 0 Å². The molecule has 1 aromatic carbocycles. The second-order valence-corrected chi connectivity index (χ2v) is 7.46. The van der Waals surface area contributed by atoms with E-state index in [1.165, 1.54) is 11.1 Å². The van der Waals surface area contributed by atoms with Crippen LogP contribution in [0, 0.1) is 0 Å². The van der Waals surface area contributed by atoms with Crippen molar-refractivity contribution in [2.45, 2.75) is 37.4 Å². The van der Waals surface area contributed by atoms with Gasteiger partial charge in [0.1, 0.15) is 5.56 Å². The molecule has 0 aliphatic carbocycles. The van der Waals surface area contributed by atoms with Crippen LogP contribution in [0.25, 0.3) is 17.1 Å². The zero-order chi connectivity index (χ0) is 17.9. The Morgan fingerprint density at radius 3 is 2.85 bits per heavy atom. The van der Waals surface area contributed by atoms with E-state index in [0.29, 0.717) is 18.0 Å². The Bertz CT molecular complexity index is 919. The quantitative estimate of drug-likeness (QED) is 0.392. The summed E-state index contributed by atoms with van der Waals surface area (Å²) in [7, 11) is 1.70. The molecule has 3 heterocycles.